The maximum atomic E-state index is 11.8. The Bertz CT molecular complexity index is 346. The molecule has 5 heteroatoms. The summed E-state index contributed by atoms with van der Waals surface area (Å²) in [5.74, 6) is 1.01. The van der Waals surface area contributed by atoms with Crippen LogP contribution in [0.2, 0.25) is 0 Å². The summed E-state index contributed by atoms with van der Waals surface area (Å²) in [7, 11) is -3.07. The fraction of sp³-hybridized carbons (Fsp3) is 1.00. The quantitative estimate of drug-likeness (QED) is 0.610. The van der Waals surface area contributed by atoms with Crippen LogP contribution in [-0.2, 0) is 10.0 Å². The van der Waals surface area contributed by atoms with Crippen molar-refractivity contribution in [3.63, 3.8) is 0 Å². The average molecular weight is 260 g/mol. The van der Waals surface area contributed by atoms with Crippen LogP contribution in [0.1, 0.15) is 39.0 Å². The third kappa shape index (κ3) is 3.93. The topological polar surface area (TPSA) is 58.2 Å². The summed E-state index contributed by atoms with van der Waals surface area (Å²) in [6, 6.07) is 0. The smallest absolute Gasteiger partial charge is 0.212 e. The predicted octanol–water partition coefficient (Wildman–Crippen LogP) is 1.10. The van der Waals surface area contributed by atoms with Crippen LogP contribution in [0.25, 0.3) is 0 Å². The molecule has 0 saturated heterocycles. The highest BCUT2D eigenvalue weighted by Crippen LogP contribution is 2.60. The van der Waals surface area contributed by atoms with Crippen LogP contribution in [0.15, 0.2) is 0 Å². The Kier molecular flexibility index (Phi) is 4.10. The van der Waals surface area contributed by atoms with E-state index in [1.807, 2.05) is 0 Å². The van der Waals surface area contributed by atoms with Gasteiger partial charge in [0.15, 0.2) is 0 Å². The number of hydrogen-bond acceptors (Lipinski definition) is 3. The lowest BCUT2D eigenvalue weighted by atomic mass is 10.0. The van der Waals surface area contributed by atoms with E-state index in [9.17, 15) is 8.42 Å². The molecule has 4 nitrogen and oxygen atoms in total. The molecule has 0 aromatic rings. The molecule has 2 aliphatic carbocycles. The van der Waals surface area contributed by atoms with Crippen LogP contribution in [-0.4, -0.2) is 33.8 Å². The van der Waals surface area contributed by atoms with Crippen molar-refractivity contribution in [1.82, 2.24) is 10.0 Å². The van der Waals surface area contributed by atoms with Crippen molar-refractivity contribution in [2.24, 2.45) is 11.3 Å². The van der Waals surface area contributed by atoms with Crippen LogP contribution in [0, 0.1) is 11.3 Å². The number of rotatable bonds is 9. The van der Waals surface area contributed by atoms with Crippen molar-refractivity contribution >= 4 is 10.0 Å². The second-order valence-corrected chi connectivity index (χ2v) is 7.45. The van der Waals surface area contributed by atoms with E-state index >= 15 is 0 Å². The lowest BCUT2D eigenvalue weighted by molar-refractivity contribution is 0.431. The highest BCUT2D eigenvalue weighted by atomic mass is 32.2. The largest absolute Gasteiger partial charge is 0.316 e. The zero-order valence-electron chi connectivity index (χ0n) is 10.7. The van der Waals surface area contributed by atoms with E-state index in [1.54, 1.807) is 0 Å². The molecule has 0 bridgehead atoms. The van der Waals surface area contributed by atoms with E-state index in [0.29, 0.717) is 18.5 Å². The molecule has 17 heavy (non-hydrogen) atoms. The van der Waals surface area contributed by atoms with Gasteiger partial charge in [0.05, 0.1) is 5.75 Å². The minimum absolute atomic E-state index is 0.202. The molecule has 0 aliphatic heterocycles. The molecule has 2 N–H and O–H groups in total. The molecular weight excluding hydrogens is 236 g/mol. The predicted molar refractivity (Wildman–Crippen MR) is 69.3 cm³/mol. The van der Waals surface area contributed by atoms with Crippen molar-refractivity contribution in [3.05, 3.63) is 0 Å². The summed E-state index contributed by atoms with van der Waals surface area (Å²) < 4.78 is 26.3. The summed E-state index contributed by atoms with van der Waals surface area (Å²) in [6.07, 6.45) is 6.08. The van der Waals surface area contributed by atoms with Gasteiger partial charge in [0.25, 0.3) is 0 Å². The van der Waals surface area contributed by atoms with Gasteiger partial charge in [-0.15, -0.1) is 0 Å². The summed E-state index contributed by atoms with van der Waals surface area (Å²) >= 11 is 0. The van der Waals surface area contributed by atoms with E-state index in [-0.39, 0.29) is 5.75 Å². The molecular formula is C12H24N2O2S. The van der Waals surface area contributed by atoms with Gasteiger partial charge in [-0.05, 0) is 50.0 Å². The molecule has 0 spiro atoms. The Morgan fingerprint density at radius 1 is 1.24 bits per heavy atom. The van der Waals surface area contributed by atoms with Gasteiger partial charge in [-0.25, -0.2) is 13.1 Å². The molecule has 2 fully saturated rings. The van der Waals surface area contributed by atoms with Gasteiger partial charge in [0.1, 0.15) is 0 Å². The fourth-order valence-electron chi connectivity index (χ4n) is 2.42. The fourth-order valence-corrected chi connectivity index (χ4v) is 3.48. The van der Waals surface area contributed by atoms with Crippen LogP contribution in [0.3, 0.4) is 0 Å². The lowest BCUT2D eigenvalue weighted by Gasteiger charge is -2.15. The lowest BCUT2D eigenvalue weighted by Crippen LogP contribution is -2.36. The number of nitrogens with one attached hydrogen (secondary N) is 2. The third-order valence-electron chi connectivity index (χ3n) is 3.95. The SMILES string of the molecule is CCCNCCS(=O)(=O)NCC1(C2CC2)CC1. The molecule has 0 aromatic heterocycles. The van der Waals surface area contributed by atoms with Gasteiger partial charge < -0.3 is 5.32 Å². The van der Waals surface area contributed by atoms with Gasteiger partial charge in [0.2, 0.25) is 10.0 Å². The Labute approximate surface area is 105 Å². The molecule has 100 valence electrons. The summed E-state index contributed by atoms with van der Waals surface area (Å²) in [5.41, 5.74) is 0.351. The van der Waals surface area contributed by atoms with Crippen molar-refractivity contribution in [1.29, 1.82) is 0 Å². The molecule has 0 amide bonds. The maximum absolute atomic E-state index is 11.8. The van der Waals surface area contributed by atoms with E-state index < -0.39 is 10.0 Å². The monoisotopic (exact) mass is 260 g/mol. The Hall–Kier alpha value is -0.130. The van der Waals surface area contributed by atoms with E-state index in [4.69, 9.17) is 0 Å². The zero-order valence-corrected chi connectivity index (χ0v) is 11.5. The molecule has 2 aliphatic rings. The molecule has 2 saturated carbocycles. The van der Waals surface area contributed by atoms with Crippen molar-refractivity contribution in [2.75, 3.05) is 25.4 Å². The van der Waals surface area contributed by atoms with E-state index in [1.165, 1.54) is 25.7 Å². The first-order valence-corrected chi connectivity index (χ1v) is 8.41. The molecule has 0 aromatic carbocycles. The summed E-state index contributed by atoms with van der Waals surface area (Å²) in [5, 5.41) is 3.12. The molecule has 0 radical (unpaired) electrons. The Morgan fingerprint density at radius 2 is 1.94 bits per heavy atom. The minimum Gasteiger partial charge on any atom is -0.316 e. The second-order valence-electron chi connectivity index (χ2n) is 5.53. The Balaban J connectivity index is 1.66. The molecule has 0 unspecified atom stereocenters. The molecule has 0 atom stereocenters. The van der Waals surface area contributed by atoms with Crippen LogP contribution < -0.4 is 10.0 Å². The summed E-state index contributed by atoms with van der Waals surface area (Å²) in [6.45, 7) is 4.20. The van der Waals surface area contributed by atoms with Crippen LogP contribution in [0.5, 0.6) is 0 Å². The number of sulfonamides is 1. The first kappa shape index (κ1) is 13.3. The van der Waals surface area contributed by atoms with Crippen molar-refractivity contribution < 1.29 is 8.42 Å². The standard InChI is InChI=1S/C12H24N2O2S/c1-2-7-13-8-9-17(15,16)14-10-12(5-6-12)11-3-4-11/h11,13-14H,2-10H2,1H3. The molecule has 0 heterocycles. The minimum atomic E-state index is -3.07. The van der Waals surface area contributed by atoms with Crippen LogP contribution >= 0.6 is 0 Å². The Morgan fingerprint density at radius 3 is 2.47 bits per heavy atom. The van der Waals surface area contributed by atoms with E-state index in [2.05, 4.69) is 17.0 Å². The van der Waals surface area contributed by atoms with Gasteiger partial charge in [-0.3, -0.25) is 0 Å². The first-order valence-electron chi connectivity index (χ1n) is 6.76. The zero-order chi connectivity index (χ0) is 12.4. The van der Waals surface area contributed by atoms with Gasteiger partial charge >= 0.3 is 0 Å². The number of hydrogen-bond donors (Lipinski definition) is 2. The van der Waals surface area contributed by atoms with Gasteiger partial charge in [-0.1, -0.05) is 6.92 Å². The van der Waals surface area contributed by atoms with Gasteiger partial charge in [-0.2, -0.15) is 0 Å². The molecule has 2 rings (SSSR count). The van der Waals surface area contributed by atoms with Crippen LogP contribution in [0.4, 0.5) is 0 Å². The van der Waals surface area contributed by atoms with Gasteiger partial charge in [0, 0.05) is 13.1 Å². The normalized spacial score (nSPS) is 22.6. The van der Waals surface area contributed by atoms with E-state index in [0.717, 1.165) is 18.9 Å². The second kappa shape index (κ2) is 5.24. The third-order valence-corrected chi connectivity index (χ3v) is 5.28. The maximum Gasteiger partial charge on any atom is 0.212 e. The highest BCUT2D eigenvalue weighted by molar-refractivity contribution is 7.89. The summed E-state index contributed by atoms with van der Waals surface area (Å²) in [4.78, 5) is 0. The first-order chi connectivity index (χ1) is 8.08. The van der Waals surface area contributed by atoms with Crippen molar-refractivity contribution in [2.45, 2.75) is 39.0 Å². The van der Waals surface area contributed by atoms with Crippen molar-refractivity contribution in [3.8, 4) is 0 Å². The highest BCUT2D eigenvalue weighted by Gasteiger charge is 2.53. The average Bonchev–Trinajstić information content (AvgIpc) is 3.15.